The molecule has 2 aromatic carbocycles. The van der Waals surface area contributed by atoms with E-state index in [-0.39, 0.29) is 11.7 Å². The molecule has 3 rings (SSSR count). The van der Waals surface area contributed by atoms with Crippen molar-refractivity contribution in [3.05, 3.63) is 59.4 Å². The van der Waals surface area contributed by atoms with Crippen LogP contribution in [-0.2, 0) is 17.8 Å². The number of likely N-dealkylation sites (N-methyl/N-ethyl adjacent to an activating group) is 1. The summed E-state index contributed by atoms with van der Waals surface area (Å²) in [6, 6.07) is 12.2. The second-order valence-corrected chi connectivity index (χ2v) is 8.14. The molecule has 0 bridgehead atoms. The Balaban J connectivity index is 1.40. The van der Waals surface area contributed by atoms with Gasteiger partial charge in [0.05, 0.1) is 13.7 Å². The summed E-state index contributed by atoms with van der Waals surface area (Å²) in [6.07, 6.45) is 4.35. The maximum absolute atomic E-state index is 13.9. The SMILES string of the molecule is COc1ccc(CN(C)C(=O)CN2CCC(CCc3ccc(O)cc3)CC2)cc1F. The first kappa shape index (κ1) is 22.1. The predicted octanol–water partition coefficient (Wildman–Crippen LogP) is 3.84. The number of hydrogen-bond donors (Lipinski definition) is 1. The number of carbonyl (C=O) groups is 1. The molecule has 1 fully saturated rings. The number of piperidine rings is 1. The highest BCUT2D eigenvalue weighted by Crippen LogP contribution is 2.23. The molecule has 0 radical (unpaired) electrons. The molecule has 1 N–H and O–H groups in total. The van der Waals surface area contributed by atoms with Crippen molar-refractivity contribution in [2.75, 3.05) is 33.8 Å². The van der Waals surface area contributed by atoms with Gasteiger partial charge in [-0.05, 0) is 80.1 Å². The summed E-state index contributed by atoms with van der Waals surface area (Å²) in [5.74, 6) is 0.823. The average Bonchev–Trinajstić information content (AvgIpc) is 2.74. The molecule has 0 spiro atoms. The monoisotopic (exact) mass is 414 g/mol. The second-order valence-electron chi connectivity index (χ2n) is 8.14. The fraction of sp³-hybridized carbons (Fsp3) is 0.458. The van der Waals surface area contributed by atoms with Crippen molar-refractivity contribution < 1.29 is 19.0 Å². The van der Waals surface area contributed by atoms with Crippen LogP contribution in [-0.4, -0.2) is 54.6 Å². The van der Waals surface area contributed by atoms with Gasteiger partial charge in [0.15, 0.2) is 11.6 Å². The third kappa shape index (κ3) is 6.20. The van der Waals surface area contributed by atoms with Crippen LogP contribution in [0.15, 0.2) is 42.5 Å². The number of hydrogen-bond acceptors (Lipinski definition) is 4. The van der Waals surface area contributed by atoms with Gasteiger partial charge >= 0.3 is 0 Å². The van der Waals surface area contributed by atoms with Crippen LogP contribution in [0.5, 0.6) is 11.5 Å². The molecule has 0 aliphatic carbocycles. The Kier molecular flexibility index (Phi) is 7.69. The van der Waals surface area contributed by atoms with Gasteiger partial charge in [0.1, 0.15) is 5.75 Å². The summed E-state index contributed by atoms with van der Waals surface area (Å²) in [5.41, 5.74) is 2.00. The van der Waals surface area contributed by atoms with Gasteiger partial charge in [-0.15, -0.1) is 0 Å². The molecular weight excluding hydrogens is 383 g/mol. The molecule has 5 nitrogen and oxygen atoms in total. The zero-order valence-corrected chi connectivity index (χ0v) is 17.8. The van der Waals surface area contributed by atoms with Gasteiger partial charge in [-0.3, -0.25) is 9.69 Å². The number of phenolic OH excluding ortho intramolecular Hbond substituents is 1. The van der Waals surface area contributed by atoms with Crippen molar-refractivity contribution in [2.45, 2.75) is 32.2 Å². The lowest BCUT2D eigenvalue weighted by atomic mass is 9.90. The van der Waals surface area contributed by atoms with Gasteiger partial charge in [-0.2, -0.15) is 0 Å². The lowest BCUT2D eigenvalue weighted by molar-refractivity contribution is -0.132. The Morgan fingerprint density at radius 2 is 1.83 bits per heavy atom. The smallest absolute Gasteiger partial charge is 0.236 e. The van der Waals surface area contributed by atoms with E-state index in [0.29, 0.717) is 24.8 Å². The minimum absolute atomic E-state index is 0.0498. The maximum atomic E-state index is 13.9. The Morgan fingerprint density at radius 3 is 2.47 bits per heavy atom. The largest absolute Gasteiger partial charge is 0.508 e. The second kappa shape index (κ2) is 10.4. The van der Waals surface area contributed by atoms with Crippen LogP contribution in [0.4, 0.5) is 4.39 Å². The van der Waals surface area contributed by atoms with E-state index in [1.807, 2.05) is 12.1 Å². The normalized spacial score (nSPS) is 15.2. The molecule has 0 aromatic heterocycles. The predicted molar refractivity (Wildman–Crippen MR) is 115 cm³/mol. The number of rotatable bonds is 8. The fourth-order valence-electron chi connectivity index (χ4n) is 3.95. The highest BCUT2D eigenvalue weighted by molar-refractivity contribution is 5.78. The molecule has 162 valence electrons. The topological polar surface area (TPSA) is 53.0 Å². The first-order chi connectivity index (χ1) is 14.4. The molecule has 1 heterocycles. The zero-order valence-electron chi connectivity index (χ0n) is 17.8. The number of aryl methyl sites for hydroxylation is 1. The number of carbonyl (C=O) groups excluding carboxylic acids is 1. The van der Waals surface area contributed by atoms with E-state index >= 15 is 0 Å². The quantitative estimate of drug-likeness (QED) is 0.713. The van der Waals surface area contributed by atoms with Crippen molar-refractivity contribution in [2.24, 2.45) is 5.92 Å². The molecule has 1 saturated heterocycles. The Bertz CT molecular complexity index is 833. The number of ether oxygens (including phenoxy) is 1. The first-order valence-electron chi connectivity index (χ1n) is 10.5. The number of nitrogens with zero attached hydrogens (tertiary/aromatic N) is 2. The lowest BCUT2D eigenvalue weighted by Crippen LogP contribution is -2.42. The molecule has 6 heteroatoms. The van der Waals surface area contributed by atoms with E-state index in [4.69, 9.17) is 4.74 Å². The third-order valence-corrected chi connectivity index (χ3v) is 5.91. The lowest BCUT2D eigenvalue weighted by Gasteiger charge is -2.32. The molecule has 0 unspecified atom stereocenters. The molecule has 30 heavy (non-hydrogen) atoms. The molecule has 2 aromatic rings. The van der Waals surface area contributed by atoms with Crippen LogP contribution >= 0.6 is 0 Å². The summed E-state index contributed by atoms with van der Waals surface area (Å²) in [4.78, 5) is 16.5. The highest BCUT2D eigenvalue weighted by Gasteiger charge is 2.22. The van der Waals surface area contributed by atoms with Gasteiger partial charge in [0.25, 0.3) is 0 Å². The van der Waals surface area contributed by atoms with E-state index in [9.17, 15) is 14.3 Å². The van der Waals surface area contributed by atoms with Crippen molar-refractivity contribution in [3.63, 3.8) is 0 Å². The Labute approximate surface area is 178 Å². The van der Waals surface area contributed by atoms with Crippen LogP contribution in [0, 0.1) is 11.7 Å². The summed E-state index contributed by atoms with van der Waals surface area (Å²) < 4.78 is 18.8. The number of likely N-dealkylation sites (tertiary alicyclic amines) is 1. The van der Waals surface area contributed by atoms with Crippen LogP contribution in [0.3, 0.4) is 0 Å². The standard InChI is InChI=1S/C24H31FN2O3/c1-26(16-20-7-10-23(30-2)22(25)15-20)24(29)17-27-13-11-19(12-14-27)4-3-18-5-8-21(28)9-6-18/h5-10,15,19,28H,3-4,11-14,16-17H2,1-2H3. The fourth-order valence-corrected chi connectivity index (χ4v) is 3.95. The van der Waals surface area contributed by atoms with Crippen molar-refractivity contribution in [1.82, 2.24) is 9.80 Å². The minimum atomic E-state index is -0.412. The zero-order chi connectivity index (χ0) is 21.5. The van der Waals surface area contributed by atoms with Crippen molar-refractivity contribution in [3.8, 4) is 11.5 Å². The van der Waals surface area contributed by atoms with Crippen molar-refractivity contribution in [1.29, 1.82) is 0 Å². The highest BCUT2D eigenvalue weighted by atomic mass is 19.1. The summed E-state index contributed by atoms with van der Waals surface area (Å²) in [7, 11) is 3.19. The summed E-state index contributed by atoms with van der Waals surface area (Å²) in [6.45, 7) is 2.64. The molecule has 0 atom stereocenters. The van der Waals surface area contributed by atoms with Gasteiger partial charge in [0, 0.05) is 13.6 Å². The molecule has 0 saturated carbocycles. The molecular formula is C24H31FN2O3. The number of benzene rings is 2. The number of halogens is 1. The maximum Gasteiger partial charge on any atom is 0.236 e. The van der Waals surface area contributed by atoms with E-state index in [1.165, 1.54) is 18.7 Å². The Hall–Kier alpha value is -2.60. The van der Waals surface area contributed by atoms with Gasteiger partial charge < -0.3 is 14.7 Å². The molecule has 1 amide bonds. The van der Waals surface area contributed by atoms with Crippen LogP contribution in [0.1, 0.15) is 30.4 Å². The number of amides is 1. The summed E-state index contributed by atoms with van der Waals surface area (Å²) in [5, 5.41) is 9.37. The van der Waals surface area contributed by atoms with E-state index in [0.717, 1.165) is 44.3 Å². The van der Waals surface area contributed by atoms with Gasteiger partial charge in [-0.1, -0.05) is 18.2 Å². The average molecular weight is 415 g/mol. The minimum Gasteiger partial charge on any atom is -0.508 e. The van der Waals surface area contributed by atoms with E-state index in [1.54, 1.807) is 36.2 Å². The van der Waals surface area contributed by atoms with Gasteiger partial charge in [-0.25, -0.2) is 4.39 Å². The van der Waals surface area contributed by atoms with Crippen LogP contribution in [0.2, 0.25) is 0 Å². The van der Waals surface area contributed by atoms with Crippen LogP contribution in [0.25, 0.3) is 0 Å². The number of aromatic hydroxyl groups is 1. The summed E-state index contributed by atoms with van der Waals surface area (Å²) >= 11 is 0. The molecule has 1 aliphatic heterocycles. The van der Waals surface area contributed by atoms with Crippen LogP contribution < -0.4 is 4.74 Å². The Morgan fingerprint density at radius 1 is 1.17 bits per heavy atom. The number of phenols is 1. The van der Waals surface area contributed by atoms with Gasteiger partial charge in [0.2, 0.25) is 5.91 Å². The van der Waals surface area contributed by atoms with E-state index < -0.39 is 5.82 Å². The molecule has 1 aliphatic rings. The van der Waals surface area contributed by atoms with Crippen molar-refractivity contribution >= 4 is 5.91 Å². The van der Waals surface area contributed by atoms with E-state index in [2.05, 4.69) is 4.90 Å². The third-order valence-electron chi connectivity index (χ3n) is 5.91. The number of methoxy groups -OCH3 is 1. The first-order valence-corrected chi connectivity index (χ1v) is 10.5.